The minimum absolute atomic E-state index is 0.0694. The van der Waals surface area contributed by atoms with Crippen molar-refractivity contribution in [2.75, 3.05) is 23.7 Å². The fraction of sp³-hybridized carbons (Fsp3) is 0.333. The topological polar surface area (TPSA) is 86.8 Å². The molecule has 7 nitrogen and oxygen atoms in total. The van der Waals surface area contributed by atoms with Gasteiger partial charge in [-0.15, -0.1) is 0 Å². The molecule has 0 saturated carbocycles. The van der Waals surface area contributed by atoms with Gasteiger partial charge in [-0.1, -0.05) is 76.9 Å². The van der Waals surface area contributed by atoms with Gasteiger partial charge in [-0.2, -0.15) is 0 Å². The summed E-state index contributed by atoms with van der Waals surface area (Å²) < 4.78 is 27.2. The van der Waals surface area contributed by atoms with E-state index in [0.717, 1.165) is 28.3 Å². The third kappa shape index (κ3) is 9.64. The van der Waals surface area contributed by atoms with Gasteiger partial charge in [0.25, 0.3) is 0 Å². The molecule has 0 aliphatic rings. The van der Waals surface area contributed by atoms with E-state index < -0.39 is 16.1 Å². The molecule has 0 saturated heterocycles. The van der Waals surface area contributed by atoms with Crippen molar-refractivity contribution in [2.45, 2.75) is 45.2 Å². The van der Waals surface area contributed by atoms with Crippen LogP contribution in [0.3, 0.4) is 0 Å². The Kier molecular flexibility index (Phi) is 12.0. The summed E-state index contributed by atoms with van der Waals surface area (Å²) in [5, 5.41) is 3.47. The number of amides is 2. The molecule has 1 unspecified atom stereocenters. The molecule has 3 rings (SSSR count). The summed E-state index contributed by atoms with van der Waals surface area (Å²) in [6, 6.07) is 23.1. The number of hydrogen-bond acceptors (Lipinski definition) is 4. The Bertz CT molecular complexity index is 1370. The molecule has 0 spiro atoms. The number of rotatable bonds is 14. The monoisotopic (exact) mass is 647 g/mol. The average Bonchev–Trinajstić information content (AvgIpc) is 2.92. The van der Waals surface area contributed by atoms with Crippen LogP contribution in [-0.2, 0) is 32.6 Å². The van der Waals surface area contributed by atoms with Crippen LogP contribution in [0.1, 0.15) is 37.3 Å². The molecule has 0 aliphatic heterocycles. The van der Waals surface area contributed by atoms with Crippen LogP contribution in [0.4, 0.5) is 5.69 Å². The molecule has 0 fully saturated rings. The number of sulfonamides is 1. The predicted octanol–water partition coefficient (Wildman–Crippen LogP) is 5.82. The van der Waals surface area contributed by atoms with Crippen molar-refractivity contribution in [3.63, 3.8) is 0 Å². The molecule has 0 aromatic heterocycles. The molecular weight excluding hydrogens is 614 g/mol. The minimum atomic E-state index is -3.59. The van der Waals surface area contributed by atoms with E-state index in [1.807, 2.05) is 61.5 Å². The molecule has 10 heteroatoms. The maximum atomic E-state index is 13.8. The highest BCUT2D eigenvalue weighted by Gasteiger charge is 2.30. The Balaban J connectivity index is 1.86. The molecule has 1 atom stereocenters. The van der Waals surface area contributed by atoms with E-state index in [9.17, 15) is 18.0 Å². The van der Waals surface area contributed by atoms with Gasteiger partial charge in [0.2, 0.25) is 21.8 Å². The molecule has 0 aliphatic carbocycles. The van der Waals surface area contributed by atoms with Gasteiger partial charge in [-0.05, 0) is 60.4 Å². The number of benzene rings is 3. The van der Waals surface area contributed by atoms with Crippen LogP contribution in [0, 0.1) is 0 Å². The molecule has 3 aromatic rings. The summed E-state index contributed by atoms with van der Waals surface area (Å²) >= 11 is 9.47. The Morgan fingerprint density at radius 2 is 1.65 bits per heavy atom. The van der Waals surface area contributed by atoms with Gasteiger partial charge in [0.1, 0.15) is 6.04 Å². The Morgan fingerprint density at radius 1 is 0.975 bits per heavy atom. The van der Waals surface area contributed by atoms with E-state index in [0.29, 0.717) is 23.7 Å². The second kappa shape index (κ2) is 15.2. The van der Waals surface area contributed by atoms with Crippen LogP contribution in [0.15, 0.2) is 83.3 Å². The van der Waals surface area contributed by atoms with Gasteiger partial charge in [-0.25, -0.2) is 8.42 Å². The van der Waals surface area contributed by atoms with Gasteiger partial charge >= 0.3 is 0 Å². The lowest BCUT2D eigenvalue weighted by Crippen LogP contribution is -2.50. The largest absolute Gasteiger partial charge is 0.354 e. The second-order valence-electron chi connectivity index (χ2n) is 9.56. The molecule has 0 bridgehead atoms. The number of anilines is 1. The first-order valence-corrected chi connectivity index (χ1v) is 16.2. The van der Waals surface area contributed by atoms with E-state index in [1.54, 1.807) is 29.2 Å². The van der Waals surface area contributed by atoms with Crippen LogP contribution >= 0.6 is 27.5 Å². The van der Waals surface area contributed by atoms with E-state index in [-0.39, 0.29) is 37.7 Å². The Morgan fingerprint density at radius 3 is 2.27 bits per heavy atom. The first-order chi connectivity index (χ1) is 19.1. The maximum Gasteiger partial charge on any atom is 0.243 e. The Labute approximate surface area is 250 Å². The molecule has 2 amide bonds. The standard InChI is InChI=1S/C30H35BrClN3O4S/c1-3-18-33-30(37)28(21-23-9-5-4-6-10-23)34(22-24-11-7-12-25(31)20-24)29(36)13-8-19-35(40(2,38)39)27-16-14-26(32)15-17-27/h4-7,9-12,14-17,20,28H,3,8,13,18-19,21-22H2,1-2H3,(H,33,37). The number of hydrogen-bond donors (Lipinski definition) is 1. The van der Waals surface area contributed by atoms with Gasteiger partial charge in [0, 0.05) is 42.0 Å². The molecule has 214 valence electrons. The average molecular weight is 649 g/mol. The predicted molar refractivity (Wildman–Crippen MR) is 165 cm³/mol. The number of nitrogens with zero attached hydrogens (tertiary/aromatic N) is 2. The maximum absolute atomic E-state index is 13.8. The van der Waals surface area contributed by atoms with Crippen molar-refractivity contribution in [1.82, 2.24) is 10.2 Å². The van der Waals surface area contributed by atoms with Crippen LogP contribution in [0.5, 0.6) is 0 Å². The molecular formula is C30H35BrClN3O4S. The van der Waals surface area contributed by atoms with Crippen LogP contribution in [-0.4, -0.2) is 50.5 Å². The summed E-state index contributed by atoms with van der Waals surface area (Å²) in [4.78, 5) is 28.8. The zero-order valence-corrected chi connectivity index (χ0v) is 25.9. The van der Waals surface area contributed by atoms with E-state index in [1.165, 1.54) is 4.31 Å². The van der Waals surface area contributed by atoms with Gasteiger partial charge < -0.3 is 10.2 Å². The van der Waals surface area contributed by atoms with Crippen molar-refractivity contribution in [3.05, 3.63) is 99.5 Å². The smallest absolute Gasteiger partial charge is 0.243 e. The summed E-state index contributed by atoms with van der Waals surface area (Å²) in [5.41, 5.74) is 2.30. The lowest BCUT2D eigenvalue weighted by molar-refractivity contribution is -0.141. The molecule has 40 heavy (non-hydrogen) atoms. The van der Waals surface area contributed by atoms with E-state index >= 15 is 0 Å². The lowest BCUT2D eigenvalue weighted by Gasteiger charge is -2.32. The van der Waals surface area contributed by atoms with E-state index in [4.69, 9.17) is 11.6 Å². The number of carbonyl (C=O) groups excluding carboxylic acids is 2. The fourth-order valence-corrected chi connectivity index (χ4v) is 5.90. The highest BCUT2D eigenvalue weighted by Crippen LogP contribution is 2.22. The first-order valence-electron chi connectivity index (χ1n) is 13.2. The highest BCUT2D eigenvalue weighted by molar-refractivity contribution is 9.10. The second-order valence-corrected chi connectivity index (χ2v) is 12.8. The quantitative estimate of drug-likeness (QED) is 0.239. The fourth-order valence-electron chi connectivity index (χ4n) is 4.36. The van der Waals surface area contributed by atoms with E-state index in [2.05, 4.69) is 21.2 Å². The number of carbonyl (C=O) groups is 2. The summed E-state index contributed by atoms with van der Waals surface area (Å²) in [6.45, 7) is 2.84. The first kappa shape index (κ1) is 31.6. The lowest BCUT2D eigenvalue weighted by atomic mass is 10.0. The summed E-state index contributed by atoms with van der Waals surface area (Å²) in [7, 11) is -3.59. The van der Waals surface area contributed by atoms with Crippen molar-refractivity contribution in [3.8, 4) is 0 Å². The summed E-state index contributed by atoms with van der Waals surface area (Å²) in [5.74, 6) is -0.440. The number of halogens is 2. The molecule has 1 N–H and O–H groups in total. The van der Waals surface area contributed by atoms with Crippen LogP contribution in [0.2, 0.25) is 5.02 Å². The summed E-state index contributed by atoms with van der Waals surface area (Å²) in [6.07, 6.45) is 2.61. The molecule has 0 heterocycles. The van der Waals surface area contributed by atoms with Crippen LogP contribution in [0.25, 0.3) is 0 Å². The van der Waals surface area contributed by atoms with Gasteiger partial charge in [0.05, 0.1) is 11.9 Å². The minimum Gasteiger partial charge on any atom is -0.354 e. The zero-order chi connectivity index (χ0) is 29.1. The zero-order valence-electron chi connectivity index (χ0n) is 22.7. The third-order valence-electron chi connectivity index (χ3n) is 6.33. The number of nitrogens with one attached hydrogen (secondary N) is 1. The van der Waals surface area contributed by atoms with Crippen molar-refractivity contribution < 1.29 is 18.0 Å². The van der Waals surface area contributed by atoms with Crippen molar-refractivity contribution in [1.29, 1.82) is 0 Å². The highest BCUT2D eigenvalue weighted by atomic mass is 79.9. The van der Waals surface area contributed by atoms with Gasteiger partial charge in [-0.3, -0.25) is 13.9 Å². The van der Waals surface area contributed by atoms with Crippen LogP contribution < -0.4 is 9.62 Å². The van der Waals surface area contributed by atoms with Gasteiger partial charge in [0.15, 0.2) is 0 Å². The van der Waals surface area contributed by atoms with Crippen molar-refractivity contribution in [2.24, 2.45) is 0 Å². The Hall–Kier alpha value is -2.88. The SMILES string of the molecule is CCCNC(=O)C(Cc1ccccc1)N(Cc1cccc(Br)c1)C(=O)CCCN(c1ccc(Cl)cc1)S(C)(=O)=O. The molecule has 0 radical (unpaired) electrons. The third-order valence-corrected chi connectivity index (χ3v) is 8.27. The molecule has 3 aromatic carbocycles. The van der Waals surface area contributed by atoms with Crippen molar-refractivity contribution >= 4 is 55.1 Å². The normalized spacial score (nSPS) is 12.0.